The van der Waals surface area contributed by atoms with Crippen molar-refractivity contribution in [1.82, 2.24) is 25.3 Å². The standard InChI is InChI=1S/C9H17BrN6S/c1-15-3-4-17-5-6(15)7(12-11)8-9(10)13-14-16(8)2/h6-7,12H,3-5,11H2,1-2H3. The van der Waals surface area contributed by atoms with Crippen LogP contribution in [-0.2, 0) is 7.05 Å². The lowest BCUT2D eigenvalue weighted by atomic mass is 10.1. The van der Waals surface area contributed by atoms with Gasteiger partial charge in [-0.05, 0) is 23.0 Å². The Morgan fingerprint density at radius 2 is 2.35 bits per heavy atom. The molecule has 2 heterocycles. The molecule has 17 heavy (non-hydrogen) atoms. The lowest BCUT2D eigenvalue weighted by molar-refractivity contribution is 0.211. The second-order valence-electron chi connectivity index (χ2n) is 4.16. The summed E-state index contributed by atoms with van der Waals surface area (Å²) in [7, 11) is 4.01. The number of aryl methyl sites for hydroxylation is 1. The topological polar surface area (TPSA) is 72.0 Å². The van der Waals surface area contributed by atoms with Crippen molar-refractivity contribution >= 4 is 27.7 Å². The van der Waals surface area contributed by atoms with Gasteiger partial charge in [-0.3, -0.25) is 10.7 Å². The zero-order valence-electron chi connectivity index (χ0n) is 9.93. The molecule has 1 fully saturated rings. The normalized spacial score (nSPS) is 23.9. The molecule has 2 rings (SSSR count). The Morgan fingerprint density at radius 3 is 2.88 bits per heavy atom. The van der Waals surface area contributed by atoms with Crippen LogP contribution in [0.3, 0.4) is 0 Å². The minimum Gasteiger partial charge on any atom is -0.300 e. The van der Waals surface area contributed by atoms with E-state index in [1.165, 1.54) is 5.75 Å². The molecular weight excluding hydrogens is 304 g/mol. The van der Waals surface area contributed by atoms with Crippen molar-refractivity contribution in [3.8, 4) is 0 Å². The number of hydrogen-bond donors (Lipinski definition) is 2. The van der Waals surface area contributed by atoms with Crippen LogP contribution in [0.25, 0.3) is 0 Å². The van der Waals surface area contributed by atoms with Crippen LogP contribution in [0.1, 0.15) is 11.7 Å². The largest absolute Gasteiger partial charge is 0.300 e. The van der Waals surface area contributed by atoms with Crippen molar-refractivity contribution in [2.45, 2.75) is 12.1 Å². The molecule has 1 aromatic heterocycles. The lowest BCUT2D eigenvalue weighted by Crippen LogP contribution is -2.50. The molecule has 0 aliphatic carbocycles. The molecule has 2 unspecified atom stereocenters. The Morgan fingerprint density at radius 1 is 1.59 bits per heavy atom. The smallest absolute Gasteiger partial charge is 0.153 e. The monoisotopic (exact) mass is 320 g/mol. The number of likely N-dealkylation sites (N-methyl/N-ethyl adjacent to an activating group) is 1. The zero-order chi connectivity index (χ0) is 12.4. The van der Waals surface area contributed by atoms with Crippen LogP contribution in [0.2, 0.25) is 0 Å². The maximum atomic E-state index is 5.72. The first-order valence-electron chi connectivity index (χ1n) is 5.44. The SMILES string of the molecule is CN1CCSCC1C(NN)c1c(Br)nnn1C. The van der Waals surface area contributed by atoms with Gasteiger partial charge in [0, 0.05) is 31.1 Å². The van der Waals surface area contributed by atoms with E-state index < -0.39 is 0 Å². The molecule has 0 spiro atoms. The molecule has 1 saturated heterocycles. The maximum Gasteiger partial charge on any atom is 0.153 e. The molecule has 0 amide bonds. The average molecular weight is 321 g/mol. The summed E-state index contributed by atoms with van der Waals surface area (Å²) < 4.78 is 2.52. The van der Waals surface area contributed by atoms with Gasteiger partial charge in [-0.15, -0.1) is 5.10 Å². The van der Waals surface area contributed by atoms with Gasteiger partial charge in [-0.25, -0.2) is 10.1 Å². The van der Waals surface area contributed by atoms with Crippen molar-refractivity contribution < 1.29 is 0 Å². The first-order valence-corrected chi connectivity index (χ1v) is 7.39. The van der Waals surface area contributed by atoms with Crippen molar-refractivity contribution in [2.75, 3.05) is 25.1 Å². The number of rotatable bonds is 3. The fourth-order valence-electron chi connectivity index (χ4n) is 2.10. The van der Waals surface area contributed by atoms with Crippen molar-refractivity contribution in [1.29, 1.82) is 0 Å². The predicted octanol–water partition coefficient (Wildman–Crippen LogP) is 0.129. The van der Waals surface area contributed by atoms with E-state index in [0.717, 1.165) is 22.6 Å². The van der Waals surface area contributed by atoms with Gasteiger partial charge in [0.1, 0.15) is 0 Å². The summed E-state index contributed by atoms with van der Waals surface area (Å²) in [5.41, 5.74) is 3.89. The number of hydrazine groups is 1. The number of nitrogens with two attached hydrogens (primary N) is 1. The molecule has 2 atom stereocenters. The lowest BCUT2D eigenvalue weighted by Gasteiger charge is -2.37. The molecule has 3 N–H and O–H groups in total. The number of aromatic nitrogens is 3. The molecule has 0 radical (unpaired) electrons. The predicted molar refractivity (Wildman–Crippen MR) is 72.5 cm³/mol. The molecule has 96 valence electrons. The van der Waals surface area contributed by atoms with E-state index in [2.05, 4.69) is 43.6 Å². The third-order valence-electron chi connectivity index (χ3n) is 3.13. The van der Waals surface area contributed by atoms with Gasteiger partial charge >= 0.3 is 0 Å². The molecule has 0 bridgehead atoms. The number of nitrogens with zero attached hydrogens (tertiary/aromatic N) is 4. The average Bonchev–Trinajstić information content (AvgIpc) is 2.64. The Balaban J connectivity index is 2.26. The minimum atomic E-state index is 0.0298. The highest BCUT2D eigenvalue weighted by Crippen LogP contribution is 2.29. The summed E-state index contributed by atoms with van der Waals surface area (Å²) in [4.78, 5) is 2.33. The molecular formula is C9H17BrN6S. The van der Waals surface area contributed by atoms with Gasteiger partial charge in [0.25, 0.3) is 0 Å². The number of halogens is 1. The number of nitrogens with one attached hydrogen (secondary N) is 1. The van der Waals surface area contributed by atoms with Gasteiger partial charge in [0.15, 0.2) is 4.60 Å². The van der Waals surface area contributed by atoms with E-state index >= 15 is 0 Å². The van der Waals surface area contributed by atoms with Crippen molar-refractivity contribution in [3.05, 3.63) is 10.3 Å². The second-order valence-corrected chi connectivity index (χ2v) is 6.06. The fraction of sp³-hybridized carbons (Fsp3) is 0.778. The molecule has 1 aliphatic rings. The van der Waals surface area contributed by atoms with Gasteiger partial charge < -0.3 is 0 Å². The minimum absolute atomic E-state index is 0.0298. The Labute approximate surface area is 113 Å². The summed E-state index contributed by atoms with van der Waals surface area (Å²) in [6.45, 7) is 1.08. The highest BCUT2D eigenvalue weighted by atomic mass is 79.9. The Kier molecular flexibility index (Phi) is 4.42. The van der Waals surface area contributed by atoms with Crippen LogP contribution in [0.15, 0.2) is 4.60 Å². The molecule has 0 aromatic carbocycles. The summed E-state index contributed by atoms with van der Waals surface area (Å²) in [6, 6.07) is 0.384. The number of hydrogen-bond acceptors (Lipinski definition) is 6. The third-order valence-corrected chi connectivity index (χ3v) is 4.74. The van der Waals surface area contributed by atoms with E-state index in [0.29, 0.717) is 6.04 Å². The summed E-state index contributed by atoms with van der Waals surface area (Å²) in [5.74, 6) is 7.95. The first-order chi connectivity index (χ1) is 8.15. The van der Waals surface area contributed by atoms with Crippen molar-refractivity contribution in [3.63, 3.8) is 0 Å². The highest BCUT2D eigenvalue weighted by molar-refractivity contribution is 9.10. The second kappa shape index (κ2) is 5.66. The highest BCUT2D eigenvalue weighted by Gasteiger charge is 2.32. The van der Waals surface area contributed by atoms with Crippen LogP contribution in [0.5, 0.6) is 0 Å². The molecule has 6 nitrogen and oxygen atoms in total. The van der Waals surface area contributed by atoms with Gasteiger partial charge in [-0.2, -0.15) is 11.8 Å². The van der Waals surface area contributed by atoms with Gasteiger partial charge in [0.05, 0.1) is 11.7 Å². The molecule has 8 heteroatoms. The molecule has 0 saturated carbocycles. The van der Waals surface area contributed by atoms with Crippen LogP contribution >= 0.6 is 27.7 Å². The van der Waals surface area contributed by atoms with E-state index in [1.807, 2.05) is 18.8 Å². The van der Waals surface area contributed by atoms with Crippen LogP contribution in [0, 0.1) is 0 Å². The molecule has 1 aliphatic heterocycles. The van der Waals surface area contributed by atoms with Crippen LogP contribution in [0.4, 0.5) is 0 Å². The first kappa shape index (κ1) is 13.3. The van der Waals surface area contributed by atoms with Crippen LogP contribution in [-0.4, -0.2) is 51.0 Å². The van der Waals surface area contributed by atoms with Gasteiger partial charge in [-0.1, -0.05) is 5.21 Å². The Bertz CT molecular complexity index is 364. The quantitative estimate of drug-likeness (QED) is 0.609. The molecule has 1 aromatic rings. The van der Waals surface area contributed by atoms with Crippen LogP contribution < -0.4 is 11.3 Å². The van der Waals surface area contributed by atoms with Crippen molar-refractivity contribution in [2.24, 2.45) is 12.9 Å². The van der Waals surface area contributed by atoms with E-state index in [9.17, 15) is 0 Å². The fourth-order valence-corrected chi connectivity index (χ4v) is 3.94. The Hall–Kier alpha value is -0.150. The number of thioether (sulfide) groups is 1. The summed E-state index contributed by atoms with van der Waals surface area (Å²) in [5, 5.41) is 8.02. The van der Waals surface area contributed by atoms with E-state index in [1.54, 1.807) is 4.68 Å². The van der Waals surface area contributed by atoms with Gasteiger partial charge in [0.2, 0.25) is 0 Å². The maximum absolute atomic E-state index is 5.72. The summed E-state index contributed by atoms with van der Waals surface area (Å²) >= 11 is 5.39. The zero-order valence-corrected chi connectivity index (χ0v) is 12.3. The van der Waals surface area contributed by atoms with E-state index in [4.69, 9.17) is 5.84 Å². The van der Waals surface area contributed by atoms with E-state index in [-0.39, 0.29) is 6.04 Å². The summed E-state index contributed by atoms with van der Waals surface area (Å²) in [6.07, 6.45) is 0. The third kappa shape index (κ3) is 2.65.